The summed E-state index contributed by atoms with van der Waals surface area (Å²) in [5, 5.41) is 14.9. The van der Waals surface area contributed by atoms with E-state index in [1.807, 2.05) is 0 Å². The monoisotopic (exact) mass is 450 g/mol. The fourth-order valence-electron chi connectivity index (χ4n) is 3.65. The van der Waals surface area contributed by atoms with Crippen LogP contribution in [0.25, 0.3) is 0 Å². The molecule has 1 aliphatic rings. The van der Waals surface area contributed by atoms with Gasteiger partial charge in [-0.25, -0.2) is 4.98 Å². The first-order valence-corrected chi connectivity index (χ1v) is 10.4. The molecule has 1 aliphatic heterocycles. The number of hydrogen-bond donors (Lipinski definition) is 3. The van der Waals surface area contributed by atoms with Gasteiger partial charge in [0.15, 0.2) is 0 Å². The van der Waals surface area contributed by atoms with Gasteiger partial charge in [0, 0.05) is 37.9 Å². The number of aromatic hydroxyl groups is 1. The van der Waals surface area contributed by atoms with Crippen molar-refractivity contribution < 1.29 is 27.9 Å². The van der Waals surface area contributed by atoms with Crippen LogP contribution in [0.1, 0.15) is 35.2 Å². The second kappa shape index (κ2) is 10.3. The molecule has 2 heterocycles. The number of phenols is 1. The van der Waals surface area contributed by atoms with Crippen molar-refractivity contribution in [3.63, 3.8) is 0 Å². The van der Waals surface area contributed by atoms with Gasteiger partial charge >= 0.3 is 6.18 Å². The maximum Gasteiger partial charge on any atom is 0.419 e. The Morgan fingerprint density at radius 2 is 1.94 bits per heavy atom. The van der Waals surface area contributed by atoms with E-state index in [0.717, 1.165) is 6.07 Å². The van der Waals surface area contributed by atoms with Gasteiger partial charge in [-0.1, -0.05) is 6.07 Å². The Morgan fingerprint density at radius 1 is 1.16 bits per heavy atom. The molecule has 0 saturated carbocycles. The Morgan fingerprint density at radius 3 is 2.69 bits per heavy atom. The van der Waals surface area contributed by atoms with Gasteiger partial charge < -0.3 is 20.6 Å². The first kappa shape index (κ1) is 23.4. The standard InChI is InChI=1S/C22H25F3N4O3/c23-22(24,25)18-8-2-9-26-19(18)29-12-3-6-16(14-29)21(32)28-11-4-10-27-20(31)15-5-1-7-17(30)13-15/h1-2,5,7-9,13,16,30H,3-4,6,10-12,14H2,(H,27,31)(H,28,32). The van der Waals surface area contributed by atoms with Crippen LogP contribution in [0, 0.1) is 5.92 Å². The van der Waals surface area contributed by atoms with E-state index in [-0.39, 0.29) is 29.9 Å². The number of aromatic nitrogens is 1. The molecule has 1 aromatic heterocycles. The van der Waals surface area contributed by atoms with E-state index in [4.69, 9.17) is 0 Å². The molecule has 1 fully saturated rings. The number of amides is 2. The van der Waals surface area contributed by atoms with Crippen LogP contribution in [0.2, 0.25) is 0 Å². The molecular formula is C22H25F3N4O3. The third-order valence-electron chi connectivity index (χ3n) is 5.23. The minimum Gasteiger partial charge on any atom is -0.508 e. The number of halogens is 3. The highest BCUT2D eigenvalue weighted by molar-refractivity contribution is 5.94. The number of anilines is 1. The average molecular weight is 450 g/mol. The average Bonchev–Trinajstić information content (AvgIpc) is 2.78. The number of pyridine rings is 1. The van der Waals surface area contributed by atoms with E-state index in [2.05, 4.69) is 15.6 Å². The Hall–Kier alpha value is -3.30. The van der Waals surface area contributed by atoms with Crippen molar-refractivity contribution in [3.8, 4) is 5.75 Å². The smallest absolute Gasteiger partial charge is 0.419 e. The van der Waals surface area contributed by atoms with Gasteiger partial charge in [-0.05, 0) is 49.6 Å². The first-order valence-electron chi connectivity index (χ1n) is 10.4. The van der Waals surface area contributed by atoms with Crippen molar-refractivity contribution in [3.05, 3.63) is 53.7 Å². The number of rotatable bonds is 7. The molecule has 7 nitrogen and oxygen atoms in total. The summed E-state index contributed by atoms with van der Waals surface area (Å²) in [5.41, 5.74) is -0.465. The van der Waals surface area contributed by atoms with E-state index in [0.29, 0.717) is 44.5 Å². The molecule has 2 aromatic rings. The highest BCUT2D eigenvalue weighted by Gasteiger charge is 2.37. The summed E-state index contributed by atoms with van der Waals surface area (Å²) in [7, 11) is 0. The summed E-state index contributed by atoms with van der Waals surface area (Å²) in [6.07, 6.45) is -1.52. The maximum atomic E-state index is 13.3. The zero-order chi connectivity index (χ0) is 23.1. The fraction of sp³-hybridized carbons (Fsp3) is 0.409. The quantitative estimate of drug-likeness (QED) is 0.564. The Bertz CT molecular complexity index is 952. The molecular weight excluding hydrogens is 425 g/mol. The maximum absolute atomic E-state index is 13.3. The molecule has 1 saturated heterocycles. The predicted molar refractivity (Wildman–Crippen MR) is 112 cm³/mol. The molecule has 0 spiro atoms. The van der Waals surface area contributed by atoms with Gasteiger partial charge in [-0.15, -0.1) is 0 Å². The zero-order valence-electron chi connectivity index (χ0n) is 17.4. The van der Waals surface area contributed by atoms with Crippen LogP contribution in [-0.4, -0.2) is 48.1 Å². The summed E-state index contributed by atoms with van der Waals surface area (Å²) < 4.78 is 39.9. The van der Waals surface area contributed by atoms with Crippen molar-refractivity contribution in [2.75, 3.05) is 31.1 Å². The molecule has 0 radical (unpaired) electrons. The highest BCUT2D eigenvalue weighted by atomic mass is 19.4. The molecule has 3 rings (SSSR count). The van der Waals surface area contributed by atoms with Gasteiger partial charge in [-0.3, -0.25) is 9.59 Å². The number of alkyl halides is 3. The topological polar surface area (TPSA) is 94.6 Å². The van der Waals surface area contributed by atoms with E-state index in [1.165, 1.54) is 29.3 Å². The van der Waals surface area contributed by atoms with Crippen LogP contribution in [0.4, 0.5) is 19.0 Å². The lowest BCUT2D eigenvalue weighted by Crippen LogP contribution is -2.44. The highest BCUT2D eigenvalue weighted by Crippen LogP contribution is 2.36. The van der Waals surface area contributed by atoms with Crippen LogP contribution in [-0.2, 0) is 11.0 Å². The van der Waals surface area contributed by atoms with E-state index in [9.17, 15) is 27.9 Å². The lowest BCUT2D eigenvalue weighted by molar-refractivity contribution is -0.137. The lowest BCUT2D eigenvalue weighted by atomic mass is 9.96. The zero-order valence-corrected chi connectivity index (χ0v) is 17.4. The van der Waals surface area contributed by atoms with Crippen molar-refractivity contribution in [1.82, 2.24) is 15.6 Å². The minimum atomic E-state index is -4.51. The van der Waals surface area contributed by atoms with Gasteiger partial charge in [-0.2, -0.15) is 13.2 Å². The number of piperidine rings is 1. The number of hydrogen-bond acceptors (Lipinski definition) is 5. The molecule has 2 amide bonds. The van der Waals surface area contributed by atoms with Gasteiger partial charge in [0.05, 0.1) is 11.5 Å². The van der Waals surface area contributed by atoms with Gasteiger partial charge in [0.1, 0.15) is 11.6 Å². The third kappa shape index (κ3) is 6.12. The third-order valence-corrected chi connectivity index (χ3v) is 5.23. The van der Waals surface area contributed by atoms with E-state index >= 15 is 0 Å². The second-order valence-electron chi connectivity index (χ2n) is 7.61. The van der Waals surface area contributed by atoms with Crippen molar-refractivity contribution >= 4 is 17.6 Å². The molecule has 1 atom stereocenters. The Labute approximate surface area is 183 Å². The summed E-state index contributed by atoms with van der Waals surface area (Å²) >= 11 is 0. The van der Waals surface area contributed by atoms with Crippen LogP contribution < -0.4 is 15.5 Å². The molecule has 10 heteroatoms. The van der Waals surface area contributed by atoms with E-state index < -0.39 is 17.7 Å². The molecule has 3 N–H and O–H groups in total. The SMILES string of the molecule is O=C(NCCCNC(=O)C1CCCN(c2ncccc2C(F)(F)F)C1)c1cccc(O)c1. The Kier molecular flexibility index (Phi) is 7.55. The van der Waals surface area contributed by atoms with Gasteiger partial charge in [0.2, 0.25) is 5.91 Å². The van der Waals surface area contributed by atoms with Crippen LogP contribution in [0.5, 0.6) is 5.75 Å². The van der Waals surface area contributed by atoms with E-state index in [1.54, 1.807) is 12.1 Å². The molecule has 32 heavy (non-hydrogen) atoms. The summed E-state index contributed by atoms with van der Waals surface area (Å²) in [6, 6.07) is 8.23. The molecule has 1 unspecified atom stereocenters. The van der Waals surface area contributed by atoms with Crippen LogP contribution in [0.3, 0.4) is 0 Å². The van der Waals surface area contributed by atoms with Crippen molar-refractivity contribution in [1.29, 1.82) is 0 Å². The molecule has 0 bridgehead atoms. The molecule has 1 aromatic carbocycles. The Balaban J connectivity index is 1.45. The largest absolute Gasteiger partial charge is 0.508 e. The fourth-order valence-corrected chi connectivity index (χ4v) is 3.65. The van der Waals surface area contributed by atoms with Crippen molar-refractivity contribution in [2.45, 2.75) is 25.4 Å². The lowest BCUT2D eigenvalue weighted by Gasteiger charge is -2.34. The number of benzene rings is 1. The number of nitrogens with zero attached hydrogens (tertiary/aromatic N) is 2. The summed E-state index contributed by atoms with van der Waals surface area (Å²) in [6.45, 7) is 1.23. The second-order valence-corrected chi connectivity index (χ2v) is 7.61. The molecule has 0 aliphatic carbocycles. The number of carbonyl (C=O) groups excluding carboxylic acids is 2. The number of phenolic OH excluding ortho intramolecular Hbond substituents is 1. The molecule has 172 valence electrons. The van der Waals surface area contributed by atoms with Crippen LogP contribution >= 0.6 is 0 Å². The summed E-state index contributed by atoms with van der Waals surface area (Å²) in [4.78, 5) is 30.0. The predicted octanol–water partition coefficient (Wildman–Crippen LogP) is 2.96. The van der Waals surface area contributed by atoms with Crippen molar-refractivity contribution in [2.24, 2.45) is 5.92 Å². The van der Waals surface area contributed by atoms with Gasteiger partial charge in [0.25, 0.3) is 5.91 Å². The minimum absolute atomic E-state index is 0.000466. The number of carbonyl (C=O) groups is 2. The summed E-state index contributed by atoms with van der Waals surface area (Å²) in [5.74, 6) is -1.13. The normalized spacial score (nSPS) is 16.5. The first-order chi connectivity index (χ1) is 15.3. The van der Waals surface area contributed by atoms with Crippen LogP contribution in [0.15, 0.2) is 42.6 Å². The number of nitrogens with one attached hydrogen (secondary N) is 2.